The predicted octanol–water partition coefficient (Wildman–Crippen LogP) is 7.20. The van der Waals surface area contributed by atoms with Gasteiger partial charge >= 0.3 is 18.4 Å². The summed E-state index contributed by atoms with van der Waals surface area (Å²) >= 11 is 0. The first-order chi connectivity index (χ1) is 21.6. The summed E-state index contributed by atoms with van der Waals surface area (Å²) < 4.78 is 93.1. The van der Waals surface area contributed by atoms with Crippen LogP contribution in [0.4, 0.5) is 31.1 Å². The SMILES string of the molecule is CC(=O)NC1(C=O)CC[C@@](CO[C@H](C)c2cc(C(F)(F)F)cc(C(F)(F)F)c2)(c2ccccc2)N(C(=O)OCc2ccccc2)C1. The molecule has 0 aliphatic carbocycles. The smallest absolute Gasteiger partial charge is 0.416 e. The Bertz CT molecular complexity index is 1500. The molecule has 1 unspecified atom stereocenters. The summed E-state index contributed by atoms with van der Waals surface area (Å²) in [6.45, 7) is 1.64. The van der Waals surface area contributed by atoms with E-state index in [1.165, 1.54) is 18.7 Å². The van der Waals surface area contributed by atoms with Gasteiger partial charge in [-0.25, -0.2) is 4.79 Å². The molecule has 0 bridgehead atoms. The van der Waals surface area contributed by atoms with Crippen LogP contribution in [0, 0.1) is 0 Å². The Hall–Kier alpha value is -4.39. The average molecular weight is 651 g/mol. The number of alkyl halides is 6. The summed E-state index contributed by atoms with van der Waals surface area (Å²) in [4.78, 5) is 39.5. The van der Waals surface area contributed by atoms with Crippen LogP contribution in [-0.2, 0) is 43.6 Å². The molecule has 13 heteroatoms. The molecule has 1 N–H and O–H groups in total. The van der Waals surface area contributed by atoms with Crippen LogP contribution >= 0.6 is 0 Å². The van der Waals surface area contributed by atoms with Crippen molar-refractivity contribution in [2.45, 2.75) is 62.8 Å². The monoisotopic (exact) mass is 650 g/mol. The van der Waals surface area contributed by atoms with Gasteiger partial charge in [-0.3, -0.25) is 9.69 Å². The maximum atomic E-state index is 13.8. The number of nitrogens with zero attached hydrogens (tertiary/aromatic N) is 1. The Kier molecular flexibility index (Phi) is 10.1. The van der Waals surface area contributed by atoms with Gasteiger partial charge in [0, 0.05) is 6.92 Å². The van der Waals surface area contributed by atoms with E-state index in [0.29, 0.717) is 29.5 Å². The van der Waals surface area contributed by atoms with Crippen molar-refractivity contribution in [1.29, 1.82) is 0 Å². The van der Waals surface area contributed by atoms with Crippen LogP contribution < -0.4 is 5.32 Å². The highest BCUT2D eigenvalue weighted by atomic mass is 19.4. The Labute approximate surface area is 261 Å². The van der Waals surface area contributed by atoms with Crippen molar-refractivity contribution in [2.75, 3.05) is 13.2 Å². The minimum absolute atomic E-state index is 0.0135. The van der Waals surface area contributed by atoms with Gasteiger partial charge in [-0.2, -0.15) is 26.3 Å². The van der Waals surface area contributed by atoms with Crippen LogP contribution in [0.5, 0.6) is 0 Å². The van der Waals surface area contributed by atoms with Crippen molar-refractivity contribution in [2.24, 2.45) is 0 Å². The zero-order valence-electron chi connectivity index (χ0n) is 25.0. The van der Waals surface area contributed by atoms with Crippen LogP contribution in [0.25, 0.3) is 0 Å². The molecule has 3 aromatic rings. The molecule has 2 amide bonds. The molecule has 3 aromatic carbocycles. The van der Waals surface area contributed by atoms with E-state index in [1.807, 2.05) is 0 Å². The highest BCUT2D eigenvalue weighted by Gasteiger charge is 2.52. The van der Waals surface area contributed by atoms with Gasteiger partial charge in [-0.1, -0.05) is 60.7 Å². The number of nitrogens with one attached hydrogen (secondary N) is 1. The number of hydrogen-bond donors (Lipinski definition) is 1. The lowest BCUT2D eigenvalue weighted by molar-refractivity contribution is -0.143. The number of carbonyl (C=O) groups excluding carboxylic acids is 3. The van der Waals surface area contributed by atoms with Crippen LogP contribution in [0.1, 0.15) is 60.6 Å². The zero-order valence-corrected chi connectivity index (χ0v) is 25.0. The third kappa shape index (κ3) is 7.87. The molecular formula is C33H32F6N2O5. The molecule has 246 valence electrons. The van der Waals surface area contributed by atoms with E-state index in [2.05, 4.69) is 5.32 Å². The molecule has 7 nitrogen and oxygen atoms in total. The maximum absolute atomic E-state index is 13.8. The molecule has 0 radical (unpaired) electrons. The molecule has 3 atom stereocenters. The number of likely N-dealkylation sites (tertiary alicyclic amines) is 1. The van der Waals surface area contributed by atoms with Gasteiger partial charge in [0.2, 0.25) is 5.91 Å². The minimum Gasteiger partial charge on any atom is -0.445 e. The van der Waals surface area contributed by atoms with E-state index in [1.54, 1.807) is 60.7 Å². The molecule has 1 aliphatic rings. The molecule has 4 rings (SSSR count). The third-order valence-corrected chi connectivity index (χ3v) is 7.98. The fourth-order valence-electron chi connectivity index (χ4n) is 5.55. The molecule has 1 saturated heterocycles. The first-order valence-electron chi connectivity index (χ1n) is 14.3. The van der Waals surface area contributed by atoms with Crippen LogP contribution in [0.2, 0.25) is 0 Å². The topological polar surface area (TPSA) is 84.9 Å². The van der Waals surface area contributed by atoms with Crippen molar-refractivity contribution in [1.82, 2.24) is 10.2 Å². The Morgan fingerprint density at radius 2 is 1.48 bits per heavy atom. The van der Waals surface area contributed by atoms with Crippen LogP contribution in [-0.4, -0.2) is 41.9 Å². The minimum atomic E-state index is -5.05. The Balaban J connectivity index is 1.74. The summed E-state index contributed by atoms with van der Waals surface area (Å²) in [7, 11) is 0. The summed E-state index contributed by atoms with van der Waals surface area (Å²) in [6.07, 6.45) is -11.7. The van der Waals surface area contributed by atoms with E-state index in [9.17, 15) is 40.7 Å². The Morgan fingerprint density at radius 1 is 0.913 bits per heavy atom. The van der Waals surface area contributed by atoms with Crippen molar-refractivity contribution in [3.63, 3.8) is 0 Å². The summed E-state index contributed by atoms with van der Waals surface area (Å²) in [5, 5.41) is 2.61. The molecule has 1 aliphatic heterocycles. The second-order valence-corrected chi connectivity index (χ2v) is 11.3. The average Bonchev–Trinajstić information content (AvgIpc) is 3.02. The van der Waals surface area contributed by atoms with E-state index in [-0.39, 0.29) is 37.6 Å². The number of carbonyl (C=O) groups is 3. The van der Waals surface area contributed by atoms with Gasteiger partial charge in [0.05, 0.1) is 35.9 Å². The number of amides is 2. The van der Waals surface area contributed by atoms with Crippen LogP contribution in [0.15, 0.2) is 78.9 Å². The number of rotatable bonds is 9. The van der Waals surface area contributed by atoms with Gasteiger partial charge in [-0.05, 0) is 54.7 Å². The van der Waals surface area contributed by atoms with Gasteiger partial charge < -0.3 is 19.6 Å². The lowest BCUT2D eigenvalue weighted by Crippen LogP contribution is -2.67. The number of hydrogen-bond acceptors (Lipinski definition) is 5. The molecule has 0 saturated carbocycles. The highest BCUT2D eigenvalue weighted by molar-refractivity contribution is 5.81. The molecule has 0 spiro atoms. The first kappa shape index (κ1) is 34.5. The molecule has 46 heavy (non-hydrogen) atoms. The zero-order chi connectivity index (χ0) is 33.8. The highest BCUT2D eigenvalue weighted by Crippen LogP contribution is 2.43. The fourth-order valence-corrected chi connectivity index (χ4v) is 5.55. The van der Waals surface area contributed by atoms with E-state index in [0.717, 1.165) is 0 Å². The van der Waals surface area contributed by atoms with Gasteiger partial charge in [0.15, 0.2) is 0 Å². The second kappa shape index (κ2) is 13.5. The molecule has 1 fully saturated rings. The standard InChI is InChI=1S/C33H32F6N2O5/c1-22(25-15-27(32(34,35)36)17-28(16-25)33(37,38)39)46-21-31(26-11-7-4-8-12-26)14-13-30(20-42,40-23(2)43)19-41(31)29(44)45-18-24-9-5-3-6-10-24/h3-12,15-17,20,22H,13-14,18-19,21H2,1-2H3,(H,40,43)/t22-,30?,31-/m1/s1. The van der Waals surface area contributed by atoms with Crippen molar-refractivity contribution in [3.05, 3.63) is 107 Å². The van der Waals surface area contributed by atoms with Crippen LogP contribution in [0.3, 0.4) is 0 Å². The van der Waals surface area contributed by atoms with E-state index in [4.69, 9.17) is 9.47 Å². The maximum Gasteiger partial charge on any atom is 0.416 e. The summed E-state index contributed by atoms with van der Waals surface area (Å²) in [5.74, 6) is -0.521. The summed E-state index contributed by atoms with van der Waals surface area (Å²) in [6, 6.07) is 18.4. The Morgan fingerprint density at radius 3 is 2.00 bits per heavy atom. The number of benzene rings is 3. The van der Waals surface area contributed by atoms with Gasteiger partial charge in [0.25, 0.3) is 0 Å². The lowest BCUT2D eigenvalue weighted by Gasteiger charge is -2.52. The van der Waals surface area contributed by atoms with Gasteiger partial charge in [0.1, 0.15) is 18.4 Å². The number of aldehydes is 1. The fraction of sp³-hybridized carbons (Fsp3) is 0.364. The molecule has 0 aromatic heterocycles. The third-order valence-electron chi connectivity index (χ3n) is 7.98. The van der Waals surface area contributed by atoms with Crippen molar-refractivity contribution >= 4 is 18.3 Å². The second-order valence-electron chi connectivity index (χ2n) is 11.3. The quantitative estimate of drug-likeness (QED) is 0.196. The predicted molar refractivity (Wildman–Crippen MR) is 154 cm³/mol. The molecular weight excluding hydrogens is 618 g/mol. The molecule has 1 heterocycles. The first-order valence-corrected chi connectivity index (χ1v) is 14.3. The number of piperidine rings is 1. The van der Waals surface area contributed by atoms with Gasteiger partial charge in [-0.15, -0.1) is 0 Å². The lowest BCUT2D eigenvalue weighted by atomic mass is 9.75. The number of ether oxygens (including phenoxy) is 2. The van der Waals surface area contributed by atoms with Crippen molar-refractivity contribution < 1.29 is 50.2 Å². The summed E-state index contributed by atoms with van der Waals surface area (Å²) in [5.41, 5.74) is -5.06. The largest absolute Gasteiger partial charge is 0.445 e. The normalized spacial score (nSPS) is 20.9. The van der Waals surface area contributed by atoms with E-state index >= 15 is 0 Å². The number of halogens is 6. The van der Waals surface area contributed by atoms with Crippen molar-refractivity contribution in [3.8, 4) is 0 Å². The van der Waals surface area contributed by atoms with E-state index < -0.39 is 59.3 Å².